The molecule has 0 unspecified atom stereocenters. The van der Waals surface area contributed by atoms with Crippen molar-refractivity contribution in [1.82, 2.24) is 4.98 Å². The summed E-state index contributed by atoms with van der Waals surface area (Å²) < 4.78 is 0. The lowest BCUT2D eigenvalue weighted by Gasteiger charge is -2.39. The molecule has 0 aliphatic heterocycles. The Hall–Kier alpha value is -0.760. The zero-order valence-electron chi connectivity index (χ0n) is 7.78. The Morgan fingerprint density at radius 1 is 1.42 bits per heavy atom. The number of hydrogen-bond acceptors (Lipinski definition) is 1. The third-order valence-electron chi connectivity index (χ3n) is 3.02. The van der Waals surface area contributed by atoms with Gasteiger partial charge < -0.3 is 10.7 Å². The van der Waals surface area contributed by atoms with E-state index in [0.29, 0.717) is 0 Å². The van der Waals surface area contributed by atoms with Crippen LogP contribution in [-0.2, 0) is 5.54 Å². The highest BCUT2D eigenvalue weighted by Gasteiger charge is 2.37. The fourth-order valence-corrected chi connectivity index (χ4v) is 2.23. The molecule has 1 saturated carbocycles. The number of H-pyrrole nitrogens is 1. The van der Waals surface area contributed by atoms with Gasteiger partial charge in [-0.15, -0.1) is 0 Å². The summed E-state index contributed by atoms with van der Waals surface area (Å²) in [5.41, 5.74) is 10.2. The van der Waals surface area contributed by atoms with Gasteiger partial charge in [0.2, 0.25) is 0 Å². The first kappa shape index (κ1) is 7.87. The highest BCUT2D eigenvalue weighted by Crippen LogP contribution is 2.41. The van der Waals surface area contributed by atoms with E-state index in [-0.39, 0.29) is 5.54 Å². The smallest absolute Gasteiger partial charge is 0.0430 e. The molecule has 12 heavy (non-hydrogen) atoms. The molecule has 0 bridgehead atoms. The maximum atomic E-state index is 6.25. The van der Waals surface area contributed by atoms with Crippen molar-refractivity contribution < 1.29 is 0 Å². The molecule has 2 heteroatoms. The predicted octanol–water partition coefficient (Wildman–Crippen LogP) is 1.97. The normalized spacial score (nSPS) is 20.6. The molecule has 1 aliphatic carbocycles. The number of nitrogens with two attached hydrogens (primary N) is 1. The second-order valence-electron chi connectivity index (χ2n) is 3.98. The molecule has 1 heterocycles. The highest BCUT2D eigenvalue weighted by molar-refractivity contribution is 5.37. The van der Waals surface area contributed by atoms with E-state index >= 15 is 0 Å². The van der Waals surface area contributed by atoms with Crippen LogP contribution in [0.3, 0.4) is 0 Å². The van der Waals surface area contributed by atoms with Crippen LogP contribution >= 0.6 is 0 Å². The van der Waals surface area contributed by atoms with Gasteiger partial charge in [0.05, 0.1) is 0 Å². The monoisotopic (exact) mass is 164 g/mol. The Labute approximate surface area is 73.2 Å². The van der Waals surface area contributed by atoms with Gasteiger partial charge in [-0.3, -0.25) is 0 Å². The van der Waals surface area contributed by atoms with E-state index in [0.717, 1.165) is 12.8 Å². The van der Waals surface area contributed by atoms with E-state index in [1.165, 1.54) is 23.2 Å². The van der Waals surface area contributed by atoms with Crippen molar-refractivity contribution in [3.05, 3.63) is 23.0 Å². The van der Waals surface area contributed by atoms with Crippen LogP contribution in [0.5, 0.6) is 0 Å². The SMILES string of the molecule is Cc1c[nH]c(C)c1C1(N)CCC1. The first-order valence-corrected chi connectivity index (χ1v) is 4.57. The van der Waals surface area contributed by atoms with Gasteiger partial charge in [0.25, 0.3) is 0 Å². The Bertz CT molecular complexity index is 275. The minimum absolute atomic E-state index is 0.00579. The van der Waals surface area contributed by atoms with Crippen LogP contribution < -0.4 is 5.73 Å². The van der Waals surface area contributed by atoms with Crippen LogP contribution in [0.25, 0.3) is 0 Å². The van der Waals surface area contributed by atoms with E-state index in [1.807, 2.05) is 0 Å². The number of aryl methyl sites for hydroxylation is 2. The van der Waals surface area contributed by atoms with Gasteiger partial charge in [-0.1, -0.05) is 0 Å². The van der Waals surface area contributed by atoms with Crippen molar-refractivity contribution in [2.45, 2.75) is 38.6 Å². The van der Waals surface area contributed by atoms with Gasteiger partial charge in [-0.2, -0.15) is 0 Å². The quantitative estimate of drug-likeness (QED) is 0.654. The molecule has 0 radical (unpaired) electrons. The third-order valence-corrected chi connectivity index (χ3v) is 3.02. The second-order valence-corrected chi connectivity index (χ2v) is 3.98. The summed E-state index contributed by atoms with van der Waals surface area (Å²) in [5.74, 6) is 0. The second kappa shape index (κ2) is 2.36. The lowest BCUT2D eigenvalue weighted by molar-refractivity contribution is 0.251. The van der Waals surface area contributed by atoms with Gasteiger partial charge in [0.1, 0.15) is 0 Å². The molecule has 1 aromatic heterocycles. The van der Waals surface area contributed by atoms with Crippen LogP contribution in [0.15, 0.2) is 6.20 Å². The molecular formula is C10H16N2. The molecule has 1 aromatic rings. The van der Waals surface area contributed by atoms with E-state index in [2.05, 4.69) is 25.0 Å². The molecule has 1 fully saturated rings. The van der Waals surface area contributed by atoms with Crippen LogP contribution in [0, 0.1) is 13.8 Å². The Morgan fingerprint density at radius 3 is 2.42 bits per heavy atom. The lowest BCUT2D eigenvalue weighted by Crippen LogP contribution is -2.44. The minimum atomic E-state index is -0.00579. The van der Waals surface area contributed by atoms with Gasteiger partial charge in [-0.25, -0.2) is 0 Å². The van der Waals surface area contributed by atoms with E-state index in [9.17, 15) is 0 Å². The van der Waals surface area contributed by atoms with Crippen molar-refractivity contribution in [2.24, 2.45) is 5.73 Å². The molecule has 0 atom stereocenters. The van der Waals surface area contributed by atoms with Gasteiger partial charge in [-0.05, 0) is 44.2 Å². The van der Waals surface area contributed by atoms with Gasteiger partial charge in [0, 0.05) is 17.4 Å². The highest BCUT2D eigenvalue weighted by atomic mass is 14.8. The van der Waals surface area contributed by atoms with Crippen molar-refractivity contribution in [1.29, 1.82) is 0 Å². The molecule has 0 amide bonds. The molecule has 66 valence electrons. The van der Waals surface area contributed by atoms with Crippen LogP contribution in [0.2, 0.25) is 0 Å². The van der Waals surface area contributed by atoms with Gasteiger partial charge >= 0.3 is 0 Å². The standard InChI is InChI=1S/C10H16N2/c1-7-6-12-8(2)9(7)10(11)4-3-5-10/h6,12H,3-5,11H2,1-2H3. The van der Waals surface area contributed by atoms with Crippen LogP contribution in [-0.4, -0.2) is 4.98 Å². The molecule has 0 spiro atoms. The largest absolute Gasteiger partial charge is 0.365 e. The lowest BCUT2D eigenvalue weighted by atomic mass is 9.71. The number of aromatic nitrogens is 1. The molecule has 0 saturated heterocycles. The molecule has 2 rings (SSSR count). The zero-order valence-corrected chi connectivity index (χ0v) is 7.78. The maximum Gasteiger partial charge on any atom is 0.0430 e. The van der Waals surface area contributed by atoms with Gasteiger partial charge in [0.15, 0.2) is 0 Å². The summed E-state index contributed by atoms with van der Waals surface area (Å²) in [4.78, 5) is 3.23. The fraction of sp³-hybridized carbons (Fsp3) is 0.600. The van der Waals surface area contributed by atoms with E-state index < -0.39 is 0 Å². The minimum Gasteiger partial charge on any atom is -0.365 e. The zero-order chi connectivity index (χ0) is 8.77. The topological polar surface area (TPSA) is 41.8 Å². The van der Waals surface area contributed by atoms with Crippen molar-refractivity contribution >= 4 is 0 Å². The van der Waals surface area contributed by atoms with E-state index in [4.69, 9.17) is 5.73 Å². The van der Waals surface area contributed by atoms with Crippen molar-refractivity contribution in [3.63, 3.8) is 0 Å². The molecule has 0 aromatic carbocycles. The Kier molecular flexibility index (Phi) is 1.55. The van der Waals surface area contributed by atoms with E-state index in [1.54, 1.807) is 0 Å². The van der Waals surface area contributed by atoms with Crippen LogP contribution in [0.1, 0.15) is 36.1 Å². The van der Waals surface area contributed by atoms with Crippen molar-refractivity contribution in [3.8, 4) is 0 Å². The molecule has 1 aliphatic rings. The molecule has 2 nitrogen and oxygen atoms in total. The molecule has 3 N–H and O–H groups in total. The predicted molar refractivity (Wildman–Crippen MR) is 50.0 cm³/mol. The Balaban J connectivity index is 2.44. The summed E-state index contributed by atoms with van der Waals surface area (Å²) in [5, 5.41) is 0. The average molecular weight is 164 g/mol. The summed E-state index contributed by atoms with van der Waals surface area (Å²) in [6.07, 6.45) is 5.62. The Morgan fingerprint density at radius 2 is 2.08 bits per heavy atom. The number of hydrogen-bond donors (Lipinski definition) is 2. The average Bonchev–Trinajstić information content (AvgIpc) is 2.27. The summed E-state index contributed by atoms with van der Waals surface area (Å²) in [7, 11) is 0. The molecular weight excluding hydrogens is 148 g/mol. The summed E-state index contributed by atoms with van der Waals surface area (Å²) >= 11 is 0. The summed E-state index contributed by atoms with van der Waals surface area (Å²) in [6, 6.07) is 0. The number of aromatic amines is 1. The first-order chi connectivity index (χ1) is 5.63. The number of rotatable bonds is 1. The fourth-order valence-electron chi connectivity index (χ4n) is 2.23. The maximum absolute atomic E-state index is 6.25. The van der Waals surface area contributed by atoms with Crippen molar-refractivity contribution in [2.75, 3.05) is 0 Å². The van der Waals surface area contributed by atoms with Crippen LogP contribution in [0.4, 0.5) is 0 Å². The summed E-state index contributed by atoms with van der Waals surface area (Å²) in [6.45, 7) is 4.24. The first-order valence-electron chi connectivity index (χ1n) is 4.57. The number of nitrogens with one attached hydrogen (secondary N) is 1. The third kappa shape index (κ3) is 0.911.